The van der Waals surface area contributed by atoms with Gasteiger partial charge in [-0.3, -0.25) is 4.79 Å². The number of hydrogen-bond acceptors (Lipinski definition) is 5. The predicted octanol–water partition coefficient (Wildman–Crippen LogP) is 3.54. The summed E-state index contributed by atoms with van der Waals surface area (Å²) in [4.78, 5) is 11.3. The van der Waals surface area contributed by atoms with E-state index < -0.39 is 12.0 Å². The van der Waals surface area contributed by atoms with Crippen molar-refractivity contribution in [1.29, 1.82) is 0 Å². The van der Waals surface area contributed by atoms with E-state index in [-0.39, 0.29) is 0 Å². The van der Waals surface area contributed by atoms with E-state index in [1.165, 1.54) is 0 Å². The van der Waals surface area contributed by atoms with Crippen molar-refractivity contribution in [2.75, 3.05) is 25.7 Å². The Hall–Kier alpha value is -0.920. The molecule has 0 aromatic heterocycles. The Morgan fingerprint density at radius 2 is 2.17 bits per heavy atom. The second-order valence-electron chi connectivity index (χ2n) is 5.00. The van der Waals surface area contributed by atoms with Crippen molar-refractivity contribution in [1.82, 2.24) is 5.32 Å². The molecule has 1 aromatic rings. The third kappa shape index (κ3) is 6.61. The van der Waals surface area contributed by atoms with E-state index in [0.29, 0.717) is 31.1 Å². The number of hydrogen-bond donors (Lipinski definition) is 2. The van der Waals surface area contributed by atoms with Gasteiger partial charge in [-0.25, -0.2) is 0 Å². The van der Waals surface area contributed by atoms with Gasteiger partial charge in [-0.2, -0.15) is 11.8 Å². The topological polar surface area (TPSA) is 67.8 Å². The maximum atomic E-state index is 11.3. The Labute approximate surface area is 150 Å². The third-order valence-electron chi connectivity index (χ3n) is 3.24. The highest BCUT2D eigenvalue weighted by molar-refractivity contribution is 9.10. The first-order valence-corrected chi connectivity index (χ1v) is 9.66. The molecule has 0 saturated heterocycles. The lowest BCUT2D eigenvalue weighted by atomic mass is 10.1. The second kappa shape index (κ2) is 10.8. The van der Waals surface area contributed by atoms with E-state index in [0.717, 1.165) is 22.2 Å². The smallest absolute Gasteiger partial charge is 0.320 e. The van der Waals surface area contributed by atoms with Crippen molar-refractivity contribution in [2.45, 2.75) is 32.4 Å². The number of methoxy groups -OCH3 is 1. The lowest BCUT2D eigenvalue weighted by Crippen LogP contribution is -2.36. The van der Waals surface area contributed by atoms with Crippen molar-refractivity contribution in [3.05, 3.63) is 22.2 Å². The van der Waals surface area contributed by atoms with Gasteiger partial charge in [0, 0.05) is 11.0 Å². The molecule has 0 bridgehead atoms. The number of rotatable bonds is 11. The zero-order chi connectivity index (χ0) is 17.2. The van der Waals surface area contributed by atoms with E-state index >= 15 is 0 Å². The summed E-state index contributed by atoms with van der Waals surface area (Å²) >= 11 is 5.15. The monoisotopic (exact) mass is 405 g/mol. The highest BCUT2D eigenvalue weighted by Crippen LogP contribution is 2.33. The van der Waals surface area contributed by atoms with Gasteiger partial charge >= 0.3 is 5.97 Å². The van der Waals surface area contributed by atoms with Crippen molar-refractivity contribution < 1.29 is 19.4 Å². The Kier molecular flexibility index (Phi) is 9.43. The van der Waals surface area contributed by atoms with Crippen LogP contribution in [0, 0.1) is 0 Å². The Bertz CT molecular complexity index is 513. The Morgan fingerprint density at radius 3 is 2.74 bits per heavy atom. The zero-order valence-corrected chi connectivity index (χ0v) is 16.1. The largest absolute Gasteiger partial charge is 0.493 e. The fraction of sp³-hybridized carbons (Fsp3) is 0.562. The average Bonchev–Trinajstić information content (AvgIpc) is 2.53. The van der Waals surface area contributed by atoms with Crippen LogP contribution in [0.25, 0.3) is 0 Å². The first-order valence-electron chi connectivity index (χ1n) is 7.47. The maximum Gasteiger partial charge on any atom is 0.320 e. The predicted molar refractivity (Wildman–Crippen MR) is 97.7 cm³/mol. The molecule has 1 unspecified atom stereocenters. The summed E-state index contributed by atoms with van der Waals surface area (Å²) in [5.41, 5.74) is 0.932. The van der Waals surface area contributed by atoms with Crippen LogP contribution in [0.2, 0.25) is 0 Å². The van der Waals surface area contributed by atoms with Crippen LogP contribution in [0.1, 0.15) is 25.3 Å². The minimum atomic E-state index is -0.829. The van der Waals surface area contributed by atoms with E-state index in [2.05, 4.69) is 21.2 Å². The molecule has 23 heavy (non-hydrogen) atoms. The highest BCUT2D eigenvalue weighted by atomic mass is 79.9. The fourth-order valence-corrected chi connectivity index (χ4v) is 2.91. The van der Waals surface area contributed by atoms with Gasteiger partial charge in [-0.05, 0) is 42.5 Å². The highest BCUT2D eigenvalue weighted by Gasteiger charge is 2.17. The van der Waals surface area contributed by atoms with E-state index in [1.807, 2.05) is 25.3 Å². The molecule has 1 aromatic carbocycles. The molecule has 2 N–H and O–H groups in total. The van der Waals surface area contributed by atoms with Gasteiger partial charge in [0.05, 0.1) is 13.7 Å². The van der Waals surface area contributed by atoms with Gasteiger partial charge < -0.3 is 19.9 Å². The van der Waals surface area contributed by atoms with Crippen molar-refractivity contribution in [3.63, 3.8) is 0 Å². The van der Waals surface area contributed by atoms with Gasteiger partial charge in [0.25, 0.3) is 0 Å². The van der Waals surface area contributed by atoms with Crippen LogP contribution in [0.3, 0.4) is 0 Å². The van der Waals surface area contributed by atoms with Crippen molar-refractivity contribution in [3.8, 4) is 11.5 Å². The van der Waals surface area contributed by atoms with Crippen LogP contribution < -0.4 is 14.8 Å². The molecule has 0 heterocycles. The number of thioether (sulfide) groups is 1. The molecule has 0 aliphatic heterocycles. The number of carboxylic acids is 1. The summed E-state index contributed by atoms with van der Waals surface area (Å²) in [6, 6.07) is 3.18. The summed E-state index contributed by atoms with van der Waals surface area (Å²) in [5.74, 6) is 1.31. The molecule has 5 nitrogen and oxygen atoms in total. The summed E-state index contributed by atoms with van der Waals surface area (Å²) in [6.07, 6.45) is 3.47. The first kappa shape index (κ1) is 20.1. The number of ether oxygens (including phenoxy) is 2. The molecule has 0 spiro atoms. The molecule has 1 atom stereocenters. The minimum absolute atomic E-state index is 0.441. The standard InChI is InChI=1S/C16H24BrNO4S/c1-4-6-22-15-9-12(17)11(8-14(15)21-2)10-18-13(16(19)20)5-7-23-3/h8-9,13,18H,4-7,10H2,1-3H3,(H,19,20). The maximum absolute atomic E-state index is 11.3. The van der Waals surface area contributed by atoms with E-state index in [4.69, 9.17) is 9.47 Å². The molecule has 0 saturated carbocycles. The first-order chi connectivity index (χ1) is 11.0. The summed E-state index contributed by atoms with van der Waals surface area (Å²) in [5, 5.41) is 12.3. The van der Waals surface area contributed by atoms with Crippen LogP contribution in [0.5, 0.6) is 11.5 Å². The molecule has 130 valence electrons. The van der Waals surface area contributed by atoms with Gasteiger partial charge in [0.15, 0.2) is 11.5 Å². The number of carboxylic acid groups (broad SMARTS) is 1. The second-order valence-corrected chi connectivity index (χ2v) is 6.84. The lowest BCUT2D eigenvalue weighted by molar-refractivity contribution is -0.139. The van der Waals surface area contributed by atoms with Gasteiger partial charge in [0.1, 0.15) is 6.04 Å². The summed E-state index contributed by atoms with van der Waals surface area (Å²) in [6.45, 7) is 3.10. The average molecular weight is 406 g/mol. The molecule has 0 radical (unpaired) electrons. The van der Waals surface area contributed by atoms with Gasteiger partial charge in [-0.1, -0.05) is 22.9 Å². The molecule has 0 fully saturated rings. The van der Waals surface area contributed by atoms with Gasteiger partial charge in [-0.15, -0.1) is 0 Å². The molecule has 7 heteroatoms. The van der Waals surface area contributed by atoms with Crippen LogP contribution in [0.4, 0.5) is 0 Å². The normalized spacial score (nSPS) is 12.0. The number of benzene rings is 1. The van der Waals surface area contributed by atoms with E-state index in [9.17, 15) is 9.90 Å². The molecular formula is C16H24BrNO4S. The minimum Gasteiger partial charge on any atom is -0.493 e. The fourth-order valence-electron chi connectivity index (χ4n) is 1.98. The molecule has 0 amide bonds. The van der Waals surface area contributed by atoms with Crippen LogP contribution in [-0.2, 0) is 11.3 Å². The molecular weight excluding hydrogens is 382 g/mol. The SMILES string of the molecule is CCCOc1cc(Br)c(CNC(CCSC)C(=O)O)cc1OC. The third-order valence-corrected chi connectivity index (χ3v) is 4.62. The zero-order valence-electron chi connectivity index (χ0n) is 13.7. The van der Waals surface area contributed by atoms with Gasteiger partial charge in [0.2, 0.25) is 0 Å². The summed E-state index contributed by atoms with van der Waals surface area (Å²) in [7, 11) is 1.60. The van der Waals surface area contributed by atoms with Crippen LogP contribution in [0.15, 0.2) is 16.6 Å². The lowest BCUT2D eigenvalue weighted by Gasteiger charge is -2.17. The number of nitrogens with one attached hydrogen (secondary N) is 1. The quantitative estimate of drug-likeness (QED) is 0.586. The molecule has 0 aliphatic carbocycles. The summed E-state index contributed by atoms with van der Waals surface area (Å²) < 4.78 is 11.9. The van der Waals surface area contributed by atoms with Crippen molar-refractivity contribution >= 4 is 33.7 Å². The number of halogens is 1. The van der Waals surface area contributed by atoms with Crippen LogP contribution >= 0.6 is 27.7 Å². The number of carbonyl (C=O) groups is 1. The molecule has 1 rings (SSSR count). The van der Waals surface area contributed by atoms with Crippen molar-refractivity contribution in [2.24, 2.45) is 0 Å². The molecule has 0 aliphatic rings. The Balaban J connectivity index is 2.81. The number of aliphatic carboxylic acids is 1. The Morgan fingerprint density at radius 1 is 1.43 bits per heavy atom. The van der Waals surface area contributed by atoms with Crippen LogP contribution in [-0.4, -0.2) is 42.8 Å². The van der Waals surface area contributed by atoms with E-state index in [1.54, 1.807) is 18.9 Å².